The summed E-state index contributed by atoms with van der Waals surface area (Å²) in [7, 11) is 0. The summed E-state index contributed by atoms with van der Waals surface area (Å²) in [6.07, 6.45) is 0. The first-order valence-electron chi connectivity index (χ1n) is 6.67. The van der Waals surface area contributed by atoms with Crippen molar-refractivity contribution in [2.75, 3.05) is 5.73 Å². The Morgan fingerprint density at radius 1 is 1.14 bits per heavy atom. The molecule has 0 saturated heterocycles. The van der Waals surface area contributed by atoms with Crippen LogP contribution in [0.4, 0.5) is 5.95 Å². The van der Waals surface area contributed by atoms with Crippen molar-refractivity contribution in [1.82, 2.24) is 9.55 Å². The zero-order valence-electron chi connectivity index (χ0n) is 11.8. The molecule has 1 atom stereocenters. The number of fused-ring (bicyclic) bond motifs is 1. The fourth-order valence-corrected chi connectivity index (χ4v) is 3.03. The number of rotatable bonds is 2. The highest BCUT2D eigenvalue weighted by Gasteiger charge is 2.18. The number of benzene rings is 2. The molecule has 2 aromatic carbocycles. The molecule has 0 aliphatic carbocycles. The summed E-state index contributed by atoms with van der Waals surface area (Å²) in [5.41, 5.74) is 10.2. The molecule has 0 aliphatic rings. The number of nitrogens with two attached hydrogens (primary N) is 1. The van der Waals surface area contributed by atoms with Crippen LogP contribution in [0.3, 0.4) is 0 Å². The minimum atomic E-state index is 0.0634. The third-order valence-corrected chi connectivity index (χ3v) is 4.51. The van der Waals surface area contributed by atoms with E-state index < -0.39 is 0 Å². The molecule has 0 amide bonds. The molecule has 0 saturated carbocycles. The second-order valence-electron chi connectivity index (χ2n) is 5.13. The maximum absolute atomic E-state index is 6.14. The van der Waals surface area contributed by atoms with E-state index in [2.05, 4.69) is 31.0 Å². The van der Waals surface area contributed by atoms with E-state index in [4.69, 9.17) is 28.9 Å². The highest BCUT2D eigenvalue weighted by molar-refractivity contribution is 6.42. The van der Waals surface area contributed by atoms with Crippen LogP contribution in [-0.4, -0.2) is 9.55 Å². The fraction of sp³-hybridized carbons (Fsp3) is 0.188. The fourth-order valence-electron chi connectivity index (χ4n) is 2.71. The topological polar surface area (TPSA) is 43.8 Å². The van der Waals surface area contributed by atoms with Crippen molar-refractivity contribution < 1.29 is 0 Å². The molecule has 1 unspecified atom stereocenters. The molecule has 108 valence electrons. The van der Waals surface area contributed by atoms with E-state index in [9.17, 15) is 0 Å². The van der Waals surface area contributed by atoms with Gasteiger partial charge >= 0.3 is 0 Å². The highest BCUT2D eigenvalue weighted by Crippen LogP contribution is 2.33. The van der Waals surface area contributed by atoms with Crippen LogP contribution < -0.4 is 5.73 Å². The molecule has 1 heterocycles. The van der Waals surface area contributed by atoms with Gasteiger partial charge in [-0.3, -0.25) is 0 Å². The molecule has 0 aliphatic heterocycles. The molecule has 3 nitrogen and oxygen atoms in total. The molecule has 3 aromatic rings. The predicted molar refractivity (Wildman–Crippen MR) is 89.2 cm³/mol. The second-order valence-corrected chi connectivity index (χ2v) is 5.94. The Labute approximate surface area is 133 Å². The Bertz CT molecular complexity index is 824. The molecule has 1 aromatic heterocycles. The molecule has 21 heavy (non-hydrogen) atoms. The van der Waals surface area contributed by atoms with Gasteiger partial charge in [0.25, 0.3) is 0 Å². The third kappa shape index (κ3) is 2.37. The normalized spacial score (nSPS) is 12.8. The minimum Gasteiger partial charge on any atom is -0.369 e. The summed E-state index contributed by atoms with van der Waals surface area (Å²) in [6, 6.07) is 11.9. The van der Waals surface area contributed by atoms with Gasteiger partial charge < -0.3 is 10.3 Å². The zero-order chi connectivity index (χ0) is 15.1. The van der Waals surface area contributed by atoms with Crippen LogP contribution in [-0.2, 0) is 0 Å². The molecule has 3 rings (SSSR count). The number of nitrogens with zero attached hydrogens (tertiary/aromatic N) is 2. The number of anilines is 1. The Hall–Kier alpha value is -1.71. The molecule has 0 radical (unpaired) electrons. The number of hydrogen-bond acceptors (Lipinski definition) is 2. The van der Waals surface area contributed by atoms with Crippen LogP contribution in [0.1, 0.15) is 24.1 Å². The molecule has 0 spiro atoms. The zero-order valence-corrected chi connectivity index (χ0v) is 13.3. The minimum absolute atomic E-state index is 0.0634. The van der Waals surface area contributed by atoms with Gasteiger partial charge in [0.15, 0.2) is 0 Å². The number of halogens is 2. The van der Waals surface area contributed by atoms with Crippen LogP contribution in [0.5, 0.6) is 0 Å². The lowest BCUT2D eigenvalue weighted by Gasteiger charge is -2.18. The first-order chi connectivity index (χ1) is 9.99. The summed E-state index contributed by atoms with van der Waals surface area (Å²) in [4.78, 5) is 4.39. The van der Waals surface area contributed by atoms with Crippen LogP contribution in [0.25, 0.3) is 11.0 Å². The van der Waals surface area contributed by atoms with E-state index >= 15 is 0 Å². The summed E-state index contributed by atoms with van der Waals surface area (Å²) < 4.78 is 1.99. The molecular weight excluding hydrogens is 305 g/mol. The number of hydrogen-bond donors (Lipinski definition) is 1. The molecule has 2 N–H and O–H groups in total. The van der Waals surface area contributed by atoms with Crippen molar-refractivity contribution in [1.29, 1.82) is 0 Å². The number of nitrogen functional groups attached to an aromatic ring is 1. The van der Waals surface area contributed by atoms with Crippen molar-refractivity contribution in [2.24, 2.45) is 0 Å². The van der Waals surface area contributed by atoms with E-state index in [-0.39, 0.29) is 6.04 Å². The Kier molecular flexibility index (Phi) is 3.56. The number of imidazole rings is 1. The molecule has 0 bridgehead atoms. The van der Waals surface area contributed by atoms with Crippen LogP contribution in [0.15, 0.2) is 36.4 Å². The number of aromatic nitrogens is 2. The third-order valence-electron chi connectivity index (χ3n) is 3.78. The summed E-state index contributed by atoms with van der Waals surface area (Å²) in [6.45, 7) is 4.19. The van der Waals surface area contributed by atoms with E-state index in [1.165, 1.54) is 11.1 Å². The van der Waals surface area contributed by atoms with Gasteiger partial charge in [-0.2, -0.15) is 0 Å². The standard InChI is InChI=1S/C16H15Cl2N3/c1-9-5-3-4-6-11(9)10(2)21-15-8-13(18)12(17)7-14(15)20-16(21)19/h3-8,10H,1-2H3,(H2,19,20). The first-order valence-corrected chi connectivity index (χ1v) is 7.42. The van der Waals surface area contributed by atoms with E-state index in [1.807, 2.05) is 22.8 Å². The van der Waals surface area contributed by atoms with Crippen LogP contribution in [0, 0.1) is 6.92 Å². The Morgan fingerprint density at radius 3 is 2.52 bits per heavy atom. The average Bonchev–Trinajstić information content (AvgIpc) is 2.74. The van der Waals surface area contributed by atoms with Gasteiger partial charge in [-0.15, -0.1) is 0 Å². The summed E-state index contributed by atoms with van der Waals surface area (Å²) >= 11 is 12.2. The van der Waals surface area contributed by atoms with Crippen molar-refractivity contribution in [2.45, 2.75) is 19.9 Å². The SMILES string of the molecule is Cc1ccccc1C(C)n1c(N)nc2cc(Cl)c(Cl)cc21. The van der Waals surface area contributed by atoms with E-state index in [1.54, 1.807) is 6.07 Å². The van der Waals surface area contributed by atoms with Gasteiger partial charge in [-0.1, -0.05) is 47.5 Å². The van der Waals surface area contributed by atoms with E-state index in [0.29, 0.717) is 16.0 Å². The van der Waals surface area contributed by atoms with E-state index in [0.717, 1.165) is 11.0 Å². The van der Waals surface area contributed by atoms with Gasteiger partial charge in [-0.05, 0) is 37.1 Å². The van der Waals surface area contributed by atoms with Crippen molar-refractivity contribution in [3.8, 4) is 0 Å². The lowest BCUT2D eigenvalue weighted by Crippen LogP contribution is -2.11. The second kappa shape index (κ2) is 5.24. The highest BCUT2D eigenvalue weighted by atomic mass is 35.5. The largest absolute Gasteiger partial charge is 0.369 e. The maximum atomic E-state index is 6.14. The lowest BCUT2D eigenvalue weighted by molar-refractivity contribution is 0.664. The summed E-state index contributed by atoms with van der Waals surface area (Å²) in [5, 5.41) is 0.986. The van der Waals surface area contributed by atoms with Gasteiger partial charge in [0.1, 0.15) is 0 Å². The van der Waals surface area contributed by atoms with Crippen molar-refractivity contribution >= 4 is 40.2 Å². The summed E-state index contributed by atoms with van der Waals surface area (Å²) in [5.74, 6) is 0.457. The smallest absolute Gasteiger partial charge is 0.201 e. The molecule has 5 heteroatoms. The molecular formula is C16H15Cl2N3. The van der Waals surface area contributed by atoms with Gasteiger partial charge in [-0.25, -0.2) is 4.98 Å². The Morgan fingerprint density at radius 2 is 1.81 bits per heavy atom. The van der Waals surface area contributed by atoms with Gasteiger partial charge in [0.05, 0.1) is 27.1 Å². The Balaban J connectivity index is 2.22. The monoisotopic (exact) mass is 319 g/mol. The average molecular weight is 320 g/mol. The first kappa shape index (κ1) is 14.2. The lowest BCUT2D eigenvalue weighted by atomic mass is 10.0. The van der Waals surface area contributed by atoms with Crippen molar-refractivity contribution in [3.05, 3.63) is 57.6 Å². The van der Waals surface area contributed by atoms with Crippen LogP contribution >= 0.6 is 23.2 Å². The quantitative estimate of drug-likeness (QED) is 0.734. The van der Waals surface area contributed by atoms with Crippen LogP contribution in [0.2, 0.25) is 10.0 Å². The van der Waals surface area contributed by atoms with Gasteiger partial charge in [0, 0.05) is 0 Å². The molecule has 0 fully saturated rings. The maximum Gasteiger partial charge on any atom is 0.201 e. The number of aryl methyl sites for hydroxylation is 1. The van der Waals surface area contributed by atoms with Crippen molar-refractivity contribution in [3.63, 3.8) is 0 Å². The van der Waals surface area contributed by atoms with Gasteiger partial charge in [0.2, 0.25) is 5.95 Å². The predicted octanol–water partition coefficient (Wildman–Crippen LogP) is 4.84.